The normalized spacial score (nSPS) is 10.9. The second kappa shape index (κ2) is 9.87. The lowest BCUT2D eigenvalue weighted by molar-refractivity contribution is 0.0998. The molecule has 3 aromatic carbocycles. The molecule has 184 valence electrons. The molecule has 0 aliphatic heterocycles. The van der Waals surface area contributed by atoms with E-state index in [1.807, 2.05) is 54.9 Å². The van der Waals surface area contributed by atoms with Crippen molar-refractivity contribution in [1.29, 1.82) is 0 Å². The van der Waals surface area contributed by atoms with Gasteiger partial charge in [0.25, 0.3) is 5.91 Å². The van der Waals surface area contributed by atoms with E-state index in [4.69, 9.17) is 15.4 Å². The summed E-state index contributed by atoms with van der Waals surface area (Å²) in [6.07, 6.45) is 0. The van der Waals surface area contributed by atoms with Crippen LogP contribution in [0.1, 0.15) is 32.1 Å². The van der Waals surface area contributed by atoms with Crippen LogP contribution in [-0.4, -0.2) is 26.8 Å². The van der Waals surface area contributed by atoms with E-state index in [1.165, 1.54) is 0 Å². The maximum absolute atomic E-state index is 13.1. The van der Waals surface area contributed by atoms with Crippen molar-refractivity contribution < 1.29 is 14.1 Å². The van der Waals surface area contributed by atoms with Crippen molar-refractivity contribution in [2.75, 3.05) is 5.32 Å². The predicted molar refractivity (Wildman–Crippen MR) is 145 cm³/mol. The van der Waals surface area contributed by atoms with E-state index in [2.05, 4.69) is 26.4 Å². The monoisotopic (exact) mass is 555 g/mol. The molecule has 0 atom stereocenters. The molecule has 0 saturated heterocycles. The van der Waals surface area contributed by atoms with E-state index in [0.29, 0.717) is 28.1 Å². The number of nitrogens with one attached hydrogen (secondary N) is 1. The summed E-state index contributed by atoms with van der Waals surface area (Å²) in [5, 5.41) is 11.9. The molecular weight excluding hydrogens is 534 g/mol. The highest BCUT2D eigenvalue weighted by Gasteiger charge is 2.28. The minimum absolute atomic E-state index is 0.0972. The Morgan fingerprint density at radius 1 is 0.946 bits per heavy atom. The van der Waals surface area contributed by atoms with Gasteiger partial charge in [-0.2, -0.15) is 5.10 Å². The molecule has 2 aromatic heterocycles. The number of carbonyl (C=O) groups excluding carboxylic acids is 2. The summed E-state index contributed by atoms with van der Waals surface area (Å²) in [5.41, 5.74) is 10.9. The zero-order chi connectivity index (χ0) is 26.1. The molecular formula is C28H22BrN5O3. The number of rotatable bonds is 6. The summed E-state index contributed by atoms with van der Waals surface area (Å²) in [4.78, 5) is 25.5. The van der Waals surface area contributed by atoms with Gasteiger partial charge >= 0.3 is 0 Å². The number of benzene rings is 3. The largest absolute Gasteiger partial charge is 0.366 e. The lowest BCUT2D eigenvalue weighted by Gasteiger charge is -2.10. The Morgan fingerprint density at radius 2 is 1.68 bits per heavy atom. The Hall–Kier alpha value is -4.50. The van der Waals surface area contributed by atoms with Gasteiger partial charge in [-0.25, -0.2) is 4.68 Å². The number of nitrogens with two attached hydrogens (primary N) is 1. The van der Waals surface area contributed by atoms with Gasteiger partial charge in [-0.3, -0.25) is 14.9 Å². The van der Waals surface area contributed by atoms with Crippen LogP contribution in [0.15, 0.2) is 87.9 Å². The molecule has 0 fully saturated rings. The van der Waals surface area contributed by atoms with Crippen molar-refractivity contribution in [3.8, 4) is 28.1 Å². The lowest BCUT2D eigenvalue weighted by atomic mass is 9.95. The van der Waals surface area contributed by atoms with Crippen LogP contribution in [0.3, 0.4) is 0 Å². The molecule has 2 heterocycles. The maximum atomic E-state index is 13.1. The molecule has 0 spiro atoms. The molecule has 3 N–H and O–H groups in total. The van der Waals surface area contributed by atoms with Gasteiger partial charge in [-0.05, 0) is 50.2 Å². The van der Waals surface area contributed by atoms with Crippen molar-refractivity contribution in [3.63, 3.8) is 0 Å². The second-order valence-corrected chi connectivity index (χ2v) is 9.32. The third-order valence-electron chi connectivity index (χ3n) is 6.00. The number of halogens is 1. The molecule has 0 saturated carbocycles. The molecule has 37 heavy (non-hydrogen) atoms. The standard InChI is InChI=1S/C28H22BrN5O3/c1-16-23(17(2)34(32-16)20-11-4-3-5-12-20)25-24(21-13-6-7-14-22(21)26(30)35)28(37-33-25)31-27(36)18-9-8-10-19(29)15-18/h3-15H,1-2H3,(H2,30,35)(H,31,36). The molecule has 5 aromatic rings. The zero-order valence-electron chi connectivity index (χ0n) is 20.0. The summed E-state index contributed by atoms with van der Waals surface area (Å²) >= 11 is 3.39. The van der Waals surface area contributed by atoms with Gasteiger partial charge < -0.3 is 10.3 Å². The van der Waals surface area contributed by atoms with E-state index in [1.54, 1.807) is 42.5 Å². The quantitative estimate of drug-likeness (QED) is 0.269. The fraction of sp³-hybridized carbons (Fsp3) is 0.0714. The third-order valence-corrected chi connectivity index (χ3v) is 6.49. The minimum Gasteiger partial charge on any atom is -0.366 e. The Bertz CT molecular complexity index is 1640. The number of hydrogen-bond donors (Lipinski definition) is 2. The number of carbonyl (C=O) groups is 2. The number of para-hydroxylation sites is 1. The predicted octanol–water partition coefficient (Wildman–Crippen LogP) is 5.92. The van der Waals surface area contributed by atoms with Crippen molar-refractivity contribution in [2.24, 2.45) is 5.73 Å². The van der Waals surface area contributed by atoms with Gasteiger partial charge in [0.2, 0.25) is 11.8 Å². The average molecular weight is 556 g/mol. The first kappa shape index (κ1) is 24.2. The molecule has 0 aliphatic rings. The molecule has 0 aliphatic carbocycles. The highest BCUT2D eigenvalue weighted by atomic mass is 79.9. The first-order valence-electron chi connectivity index (χ1n) is 11.4. The molecule has 8 nitrogen and oxygen atoms in total. The minimum atomic E-state index is -0.611. The Kier molecular flexibility index (Phi) is 6.45. The zero-order valence-corrected chi connectivity index (χ0v) is 21.6. The van der Waals surface area contributed by atoms with Crippen LogP contribution < -0.4 is 11.1 Å². The highest BCUT2D eigenvalue weighted by molar-refractivity contribution is 9.10. The Labute approximate surface area is 221 Å². The summed E-state index contributed by atoms with van der Waals surface area (Å²) < 4.78 is 8.29. The number of aryl methyl sites for hydroxylation is 1. The summed E-state index contributed by atoms with van der Waals surface area (Å²) in [6.45, 7) is 3.81. The van der Waals surface area contributed by atoms with E-state index in [0.717, 1.165) is 21.4 Å². The number of hydrogen-bond acceptors (Lipinski definition) is 5. The molecule has 2 amide bonds. The molecule has 9 heteroatoms. The Balaban J connectivity index is 1.70. The van der Waals surface area contributed by atoms with Crippen LogP contribution >= 0.6 is 15.9 Å². The van der Waals surface area contributed by atoms with E-state index >= 15 is 0 Å². The van der Waals surface area contributed by atoms with Gasteiger partial charge in [-0.1, -0.05) is 63.6 Å². The number of anilines is 1. The molecule has 5 rings (SSSR count). The van der Waals surface area contributed by atoms with Crippen molar-refractivity contribution in [3.05, 3.63) is 106 Å². The average Bonchev–Trinajstić information content (AvgIpc) is 3.43. The van der Waals surface area contributed by atoms with E-state index in [9.17, 15) is 9.59 Å². The topological polar surface area (TPSA) is 116 Å². The van der Waals surface area contributed by atoms with Crippen LogP contribution in [0.4, 0.5) is 5.88 Å². The highest BCUT2D eigenvalue weighted by Crippen LogP contribution is 2.42. The lowest BCUT2D eigenvalue weighted by Crippen LogP contribution is -2.14. The first-order valence-corrected chi connectivity index (χ1v) is 12.2. The van der Waals surface area contributed by atoms with E-state index < -0.39 is 11.8 Å². The van der Waals surface area contributed by atoms with Crippen LogP contribution in [0.5, 0.6) is 0 Å². The van der Waals surface area contributed by atoms with Crippen molar-refractivity contribution in [1.82, 2.24) is 14.9 Å². The third kappa shape index (κ3) is 4.56. The maximum Gasteiger partial charge on any atom is 0.258 e. The van der Waals surface area contributed by atoms with Crippen LogP contribution in [0.25, 0.3) is 28.1 Å². The van der Waals surface area contributed by atoms with E-state index in [-0.39, 0.29) is 11.4 Å². The van der Waals surface area contributed by atoms with Crippen LogP contribution in [-0.2, 0) is 0 Å². The number of amides is 2. The van der Waals surface area contributed by atoms with Crippen LogP contribution in [0.2, 0.25) is 0 Å². The SMILES string of the molecule is Cc1nn(-c2ccccc2)c(C)c1-c1noc(NC(=O)c2cccc(Br)c2)c1-c1ccccc1C(N)=O. The fourth-order valence-corrected chi connectivity index (χ4v) is 4.72. The molecule has 0 unspecified atom stereocenters. The number of aromatic nitrogens is 3. The van der Waals surface area contributed by atoms with Crippen molar-refractivity contribution in [2.45, 2.75) is 13.8 Å². The molecule has 0 radical (unpaired) electrons. The summed E-state index contributed by atoms with van der Waals surface area (Å²) in [7, 11) is 0. The number of primary amides is 1. The summed E-state index contributed by atoms with van der Waals surface area (Å²) in [5.74, 6) is -0.907. The van der Waals surface area contributed by atoms with Gasteiger partial charge in [-0.15, -0.1) is 0 Å². The summed E-state index contributed by atoms with van der Waals surface area (Å²) in [6, 6.07) is 23.6. The Morgan fingerprint density at radius 3 is 2.41 bits per heavy atom. The van der Waals surface area contributed by atoms with Gasteiger partial charge in [0.05, 0.1) is 22.6 Å². The number of nitrogens with zero attached hydrogens (tertiary/aromatic N) is 3. The van der Waals surface area contributed by atoms with Gasteiger partial charge in [0.1, 0.15) is 5.69 Å². The molecule has 0 bridgehead atoms. The van der Waals surface area contributed by atoms with Gasteiger partial charge in [0.15, 0.2) is 0 Å². The smallest absolute Gasteiger partial charge is 0.258 e. The van der Waals surface area contributed by atoms with Crippen LogP contribution in [0, 0.1) is 13.8 Å². The fourth-order valence-electron chi connectivity index (χ4n) is 4.32. The van der Waals surface area contributed by atoms with Gasteiger partial charge in [0, 0.05) is 26.7 Å². The second-order valence-electron chi connectivity index (χ2n) is 8.40. The van der Waals surface area contributed by atoms with Crippen molar-refractivity contribution >= 4 is 33.6 Å². The first-order chi connectivity index (χ1) is 17.8.